The summed E-state index contributed by atoms with van der Waals surface area (Å²) in [7, 11) is 1.97. The lowest BCUT2D eigenvalue weighted by molar-refractivity contribution is 0.0641. The summed E-state index contributed by atoms with van der Waals surface area (Å²) < 4.78 is 2.00. The van der Waals surface area contributed by atoms with Gasteiger partial charge in [0.1, 0.15) is 5.69 Å². The third-order valence-electron chi connectivity index (χ3n) is 5.00. The lowest BCUT2D eigenvalue weighted by atomic mass is 9.89. The highest BCUT2D eigenvalue weighted by Crippen LogP contribution is 2.25. The minimum absolute atomic E-state index is 0.197. The van der Waals surface area contributed by atoms with E-state index in [1.54, 1.807) is 0 Å². The molecule has 2 aliphatic rings. The Bertz CT molecular complexity index is 488. The quantitative estimate of drug-likeness (QED) is 0.895. The van der Waals surface area contributed by atoms with Gasteiger partial charge in [0.2, 0.25) is 0 Å². The Balaban J connectivity index is 1.70. The lowest BCUT2D eigenvalue weighted by Crippen LogP contribution is -2.46. The Morgan fingerprint density at radius 1 is 1.30 bits per heavy atom. The Hall–Kier alpha value is -1.29. The fourth-order valence-corrected chi connectivity index (χ4v) is 3.63. The SMILES string of the molecule is Cc1ccc(C(=O)N2CCCC(C3CCCN3)C2)n1C. The van der Waals surface area contributed by atoms with Gasteiger partial charge in [-0.3, -0.25) is 4.79 Å². The average molecular weight is 275 g/mol. The molecule has 1 amide bonds. The van der Waals surface area contributed by atoms with Crippen LogP contribution >= 0.6 is 0 Å². The molecule has 0 aliphatic carbocycles. The number of aromatic nitrogens is 1. The van der Waals surface area contributed by atoms with Crippen LogP contribution in [0.5, 0.6) is 0 Å². The largest absolute Gasteiger partial charge is 0.344 e. The molecule has 0 bridgehead atoms. The van der Waals surface area contributed by atoms with Gasteiger partial charge < -0.3 is 14.8 Å². The number of likely N-dealkylation sites (tertiary alicyclic amines) is 1. The van der Waals surface area contributed by atoms with Gasteiger partial charge in [0.25, 0.3) is 5.91 Å². The van der Waals surface area contributed by atoms with E-state index in [1.165, 1.54) is 19.3 Å². The van der Waals surface area contributed by atoms with Gasteiger partial charge in [0, 0.05) is 31.9 Å². The molecule has 2 fully saturated rings. The Morgan fingerprint density at radius 2 is 2.15 bits per heavy atom. The fourth-order valence-electron chi connectivity index (χ4n) is 3.63. The van der Waals surface area contributed by atoms with E-state index in [-0.39, 0.29) is 5.91 Å². The van der Waals surface area contributed by atoms with E-state index in [4.69, 9.17) is 0 Å². The number of amides is 1. The van der Waals surface area contributed by atoms with Crippen LogP contribution in [0.3, 0.4) is 0 Å². The third kappa shape index (κ3) is 2.49. The zero-order chi connectivity index (χ0) is 14.1. The van der Waals surface area contributed by atoms with Crippen molar-refractivity contribution in [3.05, 3.63) is 23.5 Å². The number of hydrogen-bond donors (Lipinski definition) is 1. The first kappa shape index (κ1) is 13.7. The Kier molecular flexibility index (Phi) is 3.83. The number of nitrogens with one attached hydrogen (secondary N) is 1. The second-order valence-corrected chi connectivity index (χ2v) is 6.28. The number of rotatable bonds is 2. The Morgan fingerprint density at radius 3 is 2.80 bits per heavy atom. The zero-order valence-electron chi connectivity index (χ0n) is 12.6. The molecule has 1 aromatic rings. The number of aryl methyl sites for hydroxylation is 1. The molecule has 2 saturated heterocycles. The van der Waals surface area contributed by atoms with Crippen LogP contribution in [-0.4, -0.2) is 41.1 Å². The van der Waals surface area contributed by atoms with Crippen LogP contribution in [0.4, 0.5) is 0 Å². The van der Waals surface area contributed by atoms with Crippen molar-refractivity contribution in [2.75, 3.05) is 19.6 Å². The molecule has 2 atom stereocenters. The lowest BCUT2D eigenvalue weighted by Gasteiger charge is -2.36. The summed E-state index contributed by atoms with van der Waals surface area (Å²) >= 11 is 0. The van der Waals surface area contributed by atoms with E-state index in [1.807, 2.05) is 30.7 Å². The highest BCUT2D eigenvalue weighted by Gasteiger charge is 2.31. The number of hydrogen-bond acceptors (Lipinski definition) is 2. The number of carbonyl (C=O) groups excluding carboxylic acids is 1. The van der Waals surface area contributed by atoms with Gasteiger partial charge in [-0.2, -0.15) is 0 Å². The molecule has 1 aromatic heterocycles. The van der Waals surface area contributed by atoms with Crippen molar-refractivity contribution >= 4 is 5.91 Å². The minimum atomic E-state index is 0.197. The highest BCUT2D eigenvalue weighted by molar-refractivity contribution is 5.93. The zero-order valence-corrected chi connectivity index (χ0v) is 12.6. The normalized spacial score (nSPS) is 27.0. The molecule has 3 heterocycles. The van der Waals surface area contributed by atoms with Gasteiger partial charge in [-0.15, -0.1) is 0 Å². The minimum Gasteiger partial charge on any atom is -0.344 e. The van der Waals surface area contributed by atoms with E-state index >= 15 is 0 Å². The summed E-state index contributed by atoms with van der Waals surface area (Å²) in [5, 5.41) is 3.60. The van der Waals surface area contributed by atoms with Gasteiger partial charge in [-0.05, 0) is 57.2 Å². The van der Waals surface area contributed by atoms with E-state index < -0.39 is 0 Å². The maximum Gasteiger partial charge on any atom is 0.270 e. The van der Waals surface area contributed by atoms with Crippen LogP contribution in [0.25, 0.3) is 0 Å². The van der Waals surface area contributed by atoms with E-state index in [0.29, 0.717) is 12.0 Å². The monoisotopic (exact) mass is 275 g/mol. The van der Waals surface area contributed by atoms with Crippen LogP contribution in [0.2, 0.25) is 0 Å². The van der Waals surface area contributed by atoms with Crippen LogP contribution < -0.4 is 5.32 Å². The topological polar surface area (TPSA) is 37.3 Å². The van der Waals surface area contributed by atoms with Crippen LogP contribution in [0.15, 0.2) is 12.1 Å². The summed E-state index contributed by atoms with van der Waals surface area (Å²) in [4.78, 5) is 14.7. The molecule has 4 heteroatoms. The van der Waals surface area contributed by atoms with Gasteiger partial charge in [0.05, 0.1) is 0 Å². The molecule has 2 aliphatic heterocycles. The molecule has 20 heavy (non-hydrogen) atoms. The molecule has 4 nitrogen and oxygen atoms in total. The van der Waals surface area contributed by atoms with Crippen molar-refractivity contribution in [3.63, 3.8) is 0 Å². The molecule has 0 radical (unpaired) electrons. The van der Waals surface area contributed by atoms with E-state index in [2.05, 4.69) is 10.2 Å². The Labute approximate surface area is 121 Å². The summed E-state index contributed by atoms with van der Waals surface area (Å²) in [5.74, 6) is 0.833. The van der Waals surface area contributed by atoms with Crippen molar-refractivity contribution in [2.45, 2.75) is 38.6 Å². The number of piperidine rings is 1. The second kappa shape index (κ2) is 5.60. The predicted molar refractivity (Wildman–Crippen MR) is 79.8 cm³/mol. The number of carbonyl (C=O) groups is 1. The fraction of sp³-hybridized carbons (Fsp3) is 0.688. The molecule has 1 N–H and O–H groups in total. The van der Waals surface area contributed by atoms with Gasteiger partial charge in [-0.25, -0.2) is 0 Å². The van der Waals surface area contributed by atoms with Gasteiger partial charge in [-0.1, -0.05) is 0 Å². The molecule has 0 aromatic carbocycles. The van der Waals surface area contributed by atoms with E-state index in [0.717, 1.165) is 37.4 Å². The molecule has 0 saturated carbocycles. The average Bonchev–Trinajstić information content (AvgIpc) is 3.10. The smallest absolute Gasteiger partial charge is 0.270 e. The molecule has 110 valence electrons. The van der Waals surface area contributed by atoms with Crippen LogP contribution in [0, 0.1) is 12.8 Å². The van der Waals surface area contributed by atoms with Crippen molar-refractivity contribution in [1.82, 2.24) is 14.8 Å². The molecule has 3 rings (SSSR count). The second-order valence-electron chi connectivity index (χ2n) is 6.28. The molecule has 2 unspecified atom stereocenters. The van der Waals surface area contributed by atoms with Crippen LogP contribution in [-0.2, 0) is 7.05 Å². The first-order valence-electron chi connectivity index (χ1n) is 7.82. The summed E-state index contributed by atoms with van der Waals surface area (Å²) in [6.45, 7) is 5.01. The van der Waals surface area contributed by atoms with Crippen molar-refractivity contribution < 1.29 is 4.79 Å². The molecule has 0 spiro atoms. The summed E-state index contributed by atoms with van der Waals surface area (Å²) in [6.07, 6.45) is 4.95. The van der Waals surface area contributed by atoms with Gasteiger partial charge >= 0.3 is 0 Å². The highest BCUT2D eigenvalue weighted by atomic mass is 16.2. The van der Waals surface area contributed by atoms with Crippen LogP contribution in [0.1, 0.15) is 41.9 Å². The maximum atomic E-state index is 12.7. The first-order chi connectivity index (χ1) is 9.66. The van der Waals surface area contributed by atoms with E-state index in [9.17, 15) is 4.79 Å². The van der Waals surface area contributed by atoms with Crippen molar-refractivity contribution in [1.29, 1.82) is 0 Å². The maximum absolute atomic E-state index is 12.7. The summed E-state index contributed by atoms with van der Waals surface area (Å²) in [6, 6.07) is 4.60. The van der Waals surface area contributed by atoms with Crippen molar-refractivity contribution in [3.8, 4) is 0 Å². The number of nitrogens with zero attached hydrogens (tertiary/aromatic N) is 2. The third-order valence-corrected chi connectivity index (χ3v) is 5.00. The van der Waals surface area contributed by atoms with Crippen molar-refractivity contribution in [2.24, 2.45) is 13.0 Å². The van der Waals surface area contributed by atoms with Gasteiger partial charge in [0.15, 0.2) is 0 Å². The summed E-state index contributed by atoms with van der Waals surface area (Å²) in [5.41, 5.74) is 1.96. The standard InChI is InChI=1S/C16H25N3O/c1-12-7-8-15(18(12)2)16(20)19-10-4-5-13(11-19)14-6-3-9-17-14/h7-8,13-14,17H,3-6,9-11H2,1-2H3. The molecular weight excluding hydrogens is 250 g/mol. The first-order valence-corrected chi connectivity index (χ1v) is 7.82. The molecular formula is C16H25N3O. The predicted octanol–water partition coefficient (Wildman–Crippen LogP) is 1.94.